The number of carbonyl (C=O) groups excluding carboxylic acids is 1. The van der Waals surface area contributed by atoms with Gasteiger partial charge < -0.3 is 48.6 Å². The molecule has 0 spiro atoms. The number of halogens is 1. The van der Waals surface area contributed by atoms with E-state index in [-0.39, 0.29) is 32.0 Å². The first-order valence-corrected chi connectivity index (χ1v) is 10.3. The van der Waals surface area contributed by atoms with Gasteiger partial charge in [0.15, 0.2) is 0 Å². The van der Waals surface area contributed by atoms with Crippen LogP contribution in [0.2, 0.25) is 0 Å². The zero-order valence-corrected chi connectivity index (χ0v) is 21.0. The molecular weight excluding hydrogens is 472 g/mol. The van der Waals surface area contributed by atoms with Crippen LogP contribution in [0.25, 0.3) is 0 Å². The maximum atomic E-state index is 11.8. The molecule has 0 saturated carbocycles. The predicted octanol–water partition coefficient (Wildman–Crippen LogP) is -6.07. The number of carbonyl (C=O) groups is 1. The number of amides is 1. The van der Waals surface area contributed by atoms with Crippen molar-refractivity contribution in [2.75, 3.05) is 26.4 Å². The second-order valence-electron chi connectivity index (χ2n) is 9.16. The summed E-state index contributed by atoms with van der Waals surface area (Å²) < 4.78 is 8.20. The van der Waals surface area contributed by atoms with Crippen LogP contribution in [-0.2, 0) is 31.7 Å². The molecule has 14 nitrogen and oxygen atoms in total. The highest BCUT2D eigenvalue weighted by Crippen LogP contribution is 2.14. The fraction of sp³-hybridized carbons (Fsp3) is 0.737. The molecule has 0 saturated heterocycles. The Kier molecular flexibility index (Phi) is 12.6. The number of quaternary nitrogens is 1. The fourth-order valence-corrected chi connectivity index (χ4v) is 2.65. The van der Waals surface area contributed by atoms with E-state index in [1.54, 1.807) is 51.9 Å². The van der Waals surface area contributed by atoms with Gasteiger partial charge in [0.1, 0.15) is 24.4 Å². The summed E-state index contributed by atoms with van der Waals surface area (Å²) in [6, 6.07) is 0. The van der Waals surface area contributed by atoms with Gasteiger partial charge in [0.2, 0.25) is 0 Å². The Bertz CT molecular complexity index is 861. The highest BCUT2D eigenvalue weighted by atomic mass is 35.5. The van der Waals surface area contributed by atoms with Gasteiger partial charge in [-0.05, 0) is 20.8 Å². The van der Waals surface area contributed by atoms with E-state index in [0.717, 1.165) is 5.69 Å². The van der Waals surface area contributed by atoms with E-state index in [4.69, 9.17) is 14.9 Å². The third-order valence-electron chi connectivity index (χ3n) is 4.42. The summed E-state index contributed by atoms with van der Waals surface area (Å²) in [6.07, 6.45) is 3.26. The standard InChI is InChI=1S/C12H22N4O4.C7H14N4O2.ClH/c1-11(2,3)20-10(19)13-12(7-17,8-18)5-9-6-16(4)15-14-9;1-11-3-6(9-10-11)2-7(8,4-12)5-13;/h6,17-18H,5,7-8H2,1-4H3,(H,13,19);3,12-13H,2,4-5,8H2,1H3;1H. The first-order valence-electron chi connectivity index (χ1n) is 10.3. The van der Waals surface area contributed by atoms with Gasteiger partial charge in [-0.2, -0.15) is 0 Å². The van der Waals surface area contributed by atoms with Gasteiger partial charge in [0.25, 0.3) is 0 Å². The number of aromatic nitrogens is 6. The lowest BCUT2D eigenvalue weighted by Crippen LogP contribution is -3.00. The van der Waals surface area contributed by atoms with Crippen molar-refractivity contribution < 1.29 is 48.1 Å². The van der Waals surface area contributed by atoms with E-state index in [0.29, 0.717) is 12.1 Å². The maximum Gasteiger partial charge on any atom is 0.408 e. The number of alkyl carbamates (subject to hydrolysis) is 1. The number of aliphatic hydroxyl groups is 4. The average Bonchev–Trinajstić information content (AvgIpc) is 3.33. The first-order chi connectivity index (χ1) is 15.3. The lowest BCUT2D eigenvalue weighted by molar-refractivity contribution is -0.489. The molecule has 0 aromatic carbocycles. The van der Waals surface area contributed by atoms with Crippen molar-refractivity contribution in [3.05, 3.63) is 23.8 Å². The Balaban J connectivity index is 0.000000676. The molecule has 2 aromatic rings. The number of nitrogens with one attached hydrogen (secondary N) is 1. The third kappa shape index (κ3) is 10.7. The number of hydrogen-bond donors (Lipinski definition) is 6. The highest BCUT2D eigenvalue weighted by Gasteiger charge is 2.34. The topological polar surface area (TPSA) is 208 Å². The predicted molar refractivity (Wildman–Crippen MR) is 115 cm³/mol. The van der Waals surface area contributed by atoms with Gasteiger partial charge in [0, 0.05) is 32.9 Å². The number of ether oxygens (including phenoxy) is 1. The Morgan fingerprint density at radius 2 is 1.38 bits per heavy atom. The molecule has 0 aliphatic heterocycles. The SMILES string of the molecule is Cn1cc(CC(CO)(CO)NC(=O)OC(C)(C)C)nn1.Cn1cc(CC([NH3+])(CO)CO)nn1.[Cl-]. The van der Waals surface area contributed by atoms with Gasteiger partial charge in [-0.1, -0.05) is 10.4 Å². The minimum absolute atomic E-state index is 0. The second kappa shape index (κ2) is 13.5. The van der Waals surface area contributed by atoms with Gasteiger partial charge in [-0.3, -0.25) is 9.36 Å². The smallest absolute Gasteiger partial charge is 0.408 e. The molecule has 1 amide bonds. The quantitative estimate of drug-likeness (QED) is 0.189. The second-order valence-corrected chi connectivity index (χ2v) is 9.16. The van der Waals surface area contributed by atoms with Crippen LogP contribution in [0.5, 0.6) is 0 Å². The Labute approximate surface area is 204 Å². The number of nitrogens with zero attached hydrogens (tertiary/aromatic N) is 6. The molecular formula is C19H37ClN8O6. The summed E-state index contributed by atoms with van der Waals surface area (Å²) in [7, 11) is 3.47. The summed E-state index contributed by atoms with van der Waals surface area (Å²) in [5.74, 6) is 0. The molecule has 34 heavy (non-hydrogen) atoms. The number of rotatable bonds is 9. The van der Waals surface area contributed by atoms with Crippen LogP contribution < -0.4 is 23.5 Å². The number of aliphatic hydroxyl groups excluding tert-OH is 4. The first kappa shape index (κ1) is 31.6. The summed E-state index contributed by atoms with van der Waals surface area (Å²) in [4.78, 5) is 11.8. The van der Waals surface area contributed by atoms with Crippen LogP contribution in [0.1, 0.15) is 32.2 Å². The molecule has 15 heteroatoms. The van der Waals surface area contributed by atoms with Crippen LogP contribution in [0.15, 0.2) is 12.4 Å². The maximum absolute atomic E-state index is 11.8. The van der Waals surface area contributed by atoms with Gasteiger partial charge in [-0.25, -0.2) is 4.79 Å². The fourth-order valence-electron chi connectivity index (χ4n) is 2.65. The summed E-state index contributed by atoms with van der Waals surface area (Å²) in [6.45, 7) is 3.97. The molecule has 0 radical (unpaired) electrons. The van der Waals surface area contributed by atoms with Crippen molar-refractivity contribution in [3.63, 3.8) is 0 Å². The summed E-state index contributed by atoms with van der Waals surface area (Å²) >= 11 is 0. The normalized spacial score (nSPS) is 11.8. The largest absolute Gasteiger partial charge is 1.00 e. The van der Waals surface area contributed by atoms with Crippen molar-refractivity contribution in [2.45, 2.75) is 50.3 Å². The van der Waals surface area contributed by atoms with Crippen LogP contribution in [0.3, 0.4) is 0 Å². The monoisotopic (exact) mass is 508 g/mol. The van der Waals surface area contributed by atoms with E-state index < -0.39 is 36.0 Å². The van der Waals surface area contributed by atoms with E-state index in [9.17, 15) is 15.0 Å². The van der Waals surface area contributed by atoms with Crippen LogP contribution in [0.4, 0.5) is 4.79 Å². The molecule has 0 fully saturated rings. The van der Waals surface area contributed by atoms with Crippen molar-refractivity contribution >= 4 is 6.09 Å². The molecule has 0 atom stereocenters. The molecule has 196 valence electrons. The molecule has 0 aliphatic carbocycles. The van der Waals surface area contributed by atoms with Crippen molar-refractivity contribution in [1.29, 1.82) is 0 Å². The Morgan fingerprint density at radius 3 is 1.71 bits per heavy atom. The molecule has 8 N–H and O–H groups in total. The molecule has 2 heterocycles. The summed E-state index contributed by atoms with van der Waals surface area (Å²) in [5, 5.41) is 54.7. The number of hydrogen-bond acceptors (Lipinski definition) is 10. The van der Waals surface area contributed by atoms with E-state index in [1.807, 2.05) is 0 Å². The molecule has 0 aliphatic rings. The van der Waals surface area contributed by atoms with Crippen molar-refractivity contribution in [2.24, 2.45) is 14.1 Å². The van der Waals surface area contributed by atoms with Crippen LogP contribution in [-0.4, -0.2) is 99.6 Å². The van der Waals surface area contributed by atoms with Crippen molar-refractivity contribution in [1.82, 2.24) is 35.3 Å². The van der Waals surface area contributed by atoms with E-state index in [2.05, 4.69) is 31.7 Å². The highest BCUT2D eigenvalue weighted by molar-refractivity contribution is 5.69. The minimum Gasteiger partial charge on any atom is -1.00 e. The zero-order valence-electron chi connectivity index (χ0n) is 20.3. The molecule has 0 bridgehead atoms. The van der Waals surface area contributed by atoms with Crippen LogP contribution >= 0.6 is 0 Å². The third-order valence-corrected chi connectivity index (χ3v) is 4.42. The zero-order chi connectivity index (χ0) is 25.3. The Hall–Kier alpha value is -2.36. The minimum atomic E-state index is -1.24. The lowest BCUT2D eigenvalue weighted by atomic mass is 9.96. The van der Waals surface area contributed by atoms with Crippen LogP contribution in [0, 0.1) is 0 Å². The van der Waals surface area contributed by atoms with E-state index in [1.165, 1.54) is 4.68 Å². The summed E-state index contributed by atoms with van der Waals surface area (Å²) in [5.41, 5.74) is 2.35. The molecule has 0 unspecified atom stereocenters. The molecule has 2 aromatic heterocycles. The average molecular weight is 509 g/mol. The van der Waals surface area contributed by atoms with Gasteiger partial charge >= 0.3 is 6.09 Å². The molecule has 2 rings (SSSR count). The Morgan fingerprint density at radius 1 is 0.941 bits per heavy atom. The lowest BCUT2D eigenvalue weighted by Gasteiger charge is -2.31. The van der Waals surface area contributed by atoms with Gasteiger partial charge in [0.05, 0.1) is 36.6 Å². The van der Waals surface area contributed by atoms with Crippen molar-refractivity contribution in [3.8, 4) is 0 Å². The van der Waals surface area contributed by atoms with E-state index >= 15 is 0 Å². The van der Waals surface area contributed by atoms with Gasteiger partial charge in [-0.15, -0.1) is 10.2 Å². The number of aryl methyl sites for hydroxylation is 2.